The zero-order chi connectivity index (χ0) is 10.1. The molecule has 5 heteroatoms. The summed E-state index contributed by atoms with van der Waals surface area (Å²) in [7, 11) is 0. The SMILES string of the molecule is Cc1cnc(-n2cnc(N)n2)c(C)c1. The van der Waals surface area contributed by atoms with Gasteiger partial charge in [-0.15, -0.1) is 5.10 Å². The molecule has 0 amide bonds. The molecule has 0 bridgehead atoms. The number of aromatic nitrogens is 4. The molecule has 0 aliphatic rings. The highest BCUT2D eigenvalue weighted by Crippen LogP contribution is 2.10. The summed E-state index contributed by atoms with van der Waals surface area (Å²) in [6.07, 6.45) is 3.35. The average Bonchev–Trinajstić information content (AvgIpc) is 2.51. The highest BCUT2D eigenvalue weighted by atomic mass is 15.4. The molecular formula is C9H11N5. The van der Waals surface area contributed by atoms with Gasteiger partial charge in [0.05, 0.1) is 0 Å². The first kappa shape index (κ1) is 8.68. The van der Waals surface area contributed by atoms with Gasteiger partial charge in [-0.2, -0.15) is 0 Å². The summed E-state index contributed by atoms with van der Waals surface area (Å²) in [4.78, 5) is 8.11. The molecule has 0 aliphatic heterocycles. The van der Waals surface area contributed by atoms with Crippen molar-refractivity contribution in [1.82, 2.24) is 19.7 Å². The van der Waals surface area contributed by atoms with Crippen LogP contribution < -0.4 is 5.73 Å². The van der Waals surface area contributed by atoms with E-state index in [1.165, 1.54) is 0 Å². The largest absolute Gasteiger partial charge is 0.366 e. The van der Waals surface area contributed by atoms with Gasteiger partial charge in [0.15, 0.2) is 5.82 Å². The molecule has 2 aromatic heterocycles. The lowest BCUT2D eigenvalue weighted by atomic mass is 10.2. The van der Waals surface area contributed by atoms with Crippen LogP contribution in [0, 0.1) is 13.8 Å². The lowest BCUT2D eigenvalue weighted by Crippen LogP contribution is -2.02. The molecule has 0 saturated heterocycles. The number of hydrogen-bond donors (Lipinski definition) is 1. The third-order valence-corrected chi connectivity index (χ3v) is 1.91. The van der Waals surface area contributed by atoms with E-state index in [0.717, 1.165) is 16.9 Å². The molecule has 2 rings (SSSR count). The van der Waals surface area contributed by atoms with Gasteiger partial charge in [0.2, 0.25) is 5.95 Å². The fraction of sp³-hybridized carbons (Fsp3) is 0.222. The minimum atomic E-state index is 0.256. The van der Waals surface area contributed by atoms with Crippen LogP contribution >= 0.6 is 0 Å². The van der Waals surface area contributed by atoms with Crippen LogP contribution in [0.4, 0.5) is 5.95 Å². The fourth-order valence-electron chi connectivity index (χ4n) is 1.33. The first-order valence-corrected chi connectivity index (χ1v) is 4.27. The molecule has 0 saturated carbocycles. The summed E-state index contributed by atoms with van der Waals surface area (Å²) < 4.78 is 1.57. The molecule has 0 unspecified atom stereocenters. The maximum Gasteiger partial charge on any atom is 0.239 e. The second kappa shape index (κ2) is 3.10. The van der Waals surface area contributed by atoms with E-state index in [0.29, 0.717) is 0 Å². The normalized spacial score (nSPS) is 10.4. The van der Waals surface area contributed by atoms with Crippen molar-refractivity contribution in [3.63, 3.8) is 0 Å². The van der Waals surface area contributed by atoms with E-state index < -0.39 is 0 Å². The number of pyridine rings is 1. The number of nitrogen functional groups attached to an aromatic ring is 1. The molecule has 2 N–H and O–H groups in total. The van der Waals surface area contributed by atoms with Crippen molar-refractivity contribution in [3.05, 3.63) is 29.7 Å². The van der Waals surface area contributed by atoms with Crippen molar-refractivity contribution in [3.8, 4) is 5.82 Å². The Morgan fingerprint density at radius 2 is 2.07 bits per heavy atom. The summed E-state index contributed by atoms with van der Waals surface area (Å²) in [5.74, 6) is 1.02. The monoisotopic (exact) mass is 189 g/mol. The second-order valence-corrected chi connectivity index (χ2v) is 3.20. The van der Waals surface area contributed by atoms with Gasteiger partial charge in [-0.25, -0.2) is 14.6 Å². The van der Waals surface area contributed by atoms with Crippen LogP contribution in [0.25, 0.3) is 5.82 Å². The van der Waals surface area contributed by atoms with Crippen molar-refractivity contribution in [2.45, 2.75) is 13.8 Å². The standard InChI is InChI=1S/C9H11N5/c1-6-3-7(2)8(11-4-6)14-5-12-9(10)13-14/h3-5H,1-2H3,(H2,10,13). The van der Waals surface area contributed by atoms with Crippen LogP contribution in [0.1, 0.15) is 11.1 Å². The predicted molar refractivity (Wildman–Crippen MR) is 53.0 cm³/mol. The molecule has 2 heterocycles. The van der Waals surface area contributed by atoms with Gasteiger partial charge in [-0.1, -0.05) is 6.07 Å². The quantitative estimate of drug-likeness (QED) is 0.722. The van der Waals surface area contributed by atoms with E-state index in [4.69, 9.17) is 5.73 Å². The van der Waals surface area contributed by atoms with E-state index in [1.807, 2.05) is 19.9 Å². The van der Waals surface area contributed by atoms with Gasteiger partial charge in [0, 0.05) is 6.20 Å². The van der Waals surface area contributed by atoms with Crippen LogP contribution in [-0.2, 0) is 0 Å². The zero-order valence-electron chi connectivity index (χ0n) is 8.10. The third kappa shape index (κ3) is 1.44. The predicted octanol–water partition coefficient (Wildman–Crippen LogP) is 0.861. The first-order valence-electron chi connectivity index (χ1n) is 4.27. The van der Waals surface area contributed by atoms with E-state index in [2.05, 4.69) is 15.1 Å². The number of nitrogens with two attached hydrogens (primary N) is 1. The van der Waals surface area contributed by atoms with Crippen LogP contribution in [0.2, 0.25) is 0 Å². The highest BCUT2D eigenvalue weighted by Gasteiger charge is 2.04. The van der Waals surface area contributed by atoms with Crippen LogP contribution in [-0.4, -0.2) is 19.7 Å². The minimum Gasteiger partial charge on any atom is -0.366 e. The van der Waals surface area contributed by atoms with Gasteiger partial charge in [0.25, 0.3) is 0 Å². The maximum atomic E-state index is 5.43. The molecule has 0 radical (unpaired) electrons. The topological polar surface area (TPSA) is 69.6 Å². The van der Waals surface area contributed by atoms with Crippen LogP contribution in [0.5, 0.6) is 0 Å². The maximum absolute atomic E-state index is 5.43. The van der Waals surface area contributed by atoms with Crippen molar-refractivity contribution in [2.24, 2.45) is 0 Å². The van der Waals surface area contributed by atoms with E-state index in [9.17, 15) is 0 Å². The Morgan fingerprint density at radius 3 is 2.64 bits per heavy atom. The van der Waals surface area contributed by atoms with Gasteiger partial charge >= 0.3 is 0 Å². The smallest absolute Gasteiger partial charge is 0.239 e. The van der Waals surface area contributed by atoms with Crippen molar-refractivity contribution < 1.29 is 0 Å². The molecule has 5 nitrogen and oxygen atoms in total. The number of aryl methyl sites for hydroxylation is 2. The Balaban J connectivity index is 2.52. The molecule has 0 atom stereocenters. The molecule has 0 aliphatic carbocycles. The Bertz CT molecular complexity index is 460. The highest BCUT2D eigenvalue weighted by molar-refractivity contribution is 5.34. The number of nitrogens with zero attached hydrogens (tertiary/aromatic N) is 4. The molecule has 14 heavy (non-hydrogen) atoms. The molecular weight excluding hydrogens is 178 g/mol. The Kier molecular flexibility index (Phi) is 1.92. The lowest BCUT2D eigenvalue weighted by molar-refractivity contribution is 0.838. The number of anilines is 1. The second-order valence-electron chi connectivity index (χ2n) is 3.20. The molecule has 72 valence electrons. The summed E-state index contributed by atoms with van der Waals surface area (Å²) >= 11 is 0. The van der Waals surface area contributed by atoms with Crippen LogP contribution in [0.15, 0.2) is 18.6 Å². The summed E-state index contributed by atoms with van der Waals surface area (Å²) in [5, 5.41) is 3.99. The Hall–Kier alpha value is -1.91. The number of hydrogen-bond acceptors (Lipinski definition) is 4. The molecule has 2 aromatic rings. The van der Waals surface area contributed by atoms with E-state index in [1.54, 1.807) is 17.2 Å². The zero-order valence-corrected chi connectivity index (χ0v) is 8.10. The Labute approximate surface area is 81.6 Å². The van der Waals surface area contributed by atoms with Crippen molar-refractivity contribution >= 4 is 5.95 Å². The first-order chi connectivity index (χ1) is 6.66. The summed E-state index contributed by atoms with van der Waals surface area (Å²) in [5.41, 5.74) is 7.60. The fourth-order valence-corrected chi connectivity index (χ4v) is 1.33. The van der Waals surface area contributed by atoms with E-state index in [-0.39, 0.29) is 5.95 Å². The minimum absolute atomic E-state index is 0.256. The summed E-state index contributed by atoms with van der Waals surface area (Å²) in [6, 6.07) is 2.04. The summed E-state index contributed by atoms with van der Waals surface area (Å²) in [6.45, 7) is 3.98. The molecule has 0 spiro atoms. The van der Waals surface area contributed by atoms with E-state index >= 15 is 0 Å². The van der Waals surface area contributed by atoms with Crippen LogP contribution in [0.3, 0.4) is 0 Å². The number of rotatable bonds is 1. The average molecular weight is 189 g/mol. The van der Waals surface area contributed by atoms with Gasteiger partial charge in [-0.05, 0) is 25.0 Å². The lowest BCUT2D eigenvalue weighted by Gasteiger charge is -2.03. The van der Waals surface area contributed by atoms with Gasteiger partial charge in [-0.3, -0.25) is 0 Å². The van der Waals surface area contributed by atoms with Gasteiger partial charge < -0.3 is 5.73 Å². The van der Waals surface area contributed by atoms with Gasteiger partial charge in [0.1, 0.15) is 6.33 Å². The molecule has 0 fully saturated rings. The van der Waals surface area contributed by atoms with Crippen molar-refractivity contribution in [2.75, 3.05) is 5.73 Å². The molecule has 0 aromatic carbocycles. The third-order valence-electron chi connectivity index (χ3n) is 1.91. The van der Waals surface area contributed by atoms with Crippen molar-refractivity contribution in [1.29, 1.82) is 0 Å². The Morgan fingerprint density at radius 1 is 1.29 bits per heavy atom.